The maximum atomic E-state index is 11.6. The van der Waals surface area contributed by atoms with Crippen LogP contribution in [0.4, 0.5) is 0 Å². The molecule has 0 amide bonds. The van der Waals surface area contributed by atoms with E-state index in [1.807, 2.05) is 31.4 Å². The summed E-state index contributed by atoms with van der Waals surface area (Å²) in [4.78, 5) is 12.6. The standard InChI is InChI=1S/C10H11IO2S/c1-3-13-10(12)9-7(11)5-4-6-8(9)14-2/h4-6H,3H2,1-2H3. The van der Waals surface area contributed by atoms with Crippen LogP contribution in [0.15, 0.2) is 23.1 Å². The Hall–Kier alpha value is -0.230. The third kappa shape index (κ3) is 2.63. The highest BCUT2D eigenvalue weighted by Crippen LogP contribution is 2.25. The van der Waals surface area contributed by atoms with E-state index >= 15 is 0 Å². The molecule has 0 saturated carbocycles. The van der Waals surface area contributed by atoms with Gasteiger partial charge in [-0.05, 0) is 47.9 Å². The number of rotatable bonds is 3. The average Bonchev–Trinajstić information content (AvgIpc) is 2.17. The van der Waals surface area contributed by atoms with Crippen molar-refractivity contribution in [2.24, 2.45) is 0 Å². The Labute approximate surface area is 102 Å². The van der Waals surface area contributed by atoms with Gasteiger partial charge in [-0.2, -0.15) is 0 Å². The first-order valence-corrected chi connectivity index (χ1v) is 6.50. The highest BCUT2D eigenvalue weighted by molar-refractivity contribution is 14.1. The lowest BCUT2D eigenvalue weighted by atomic mass is 10.2. The molecule has 0 fully saturated rings. The maximum absolute atomic E-state index is 11.6. The zero-order chi connectivity index (χ0) is 10.6. The molecule has 1 rings (SSSR count). The minimum Gasteiger partial charge on any atom is -0.462 e. The summed E-state index contributed by atoms with van der Waals surface area (Å²) >= 11 is 3.71. The van der Waals surface area contributed by atoms with Crippen molar-refractivity contribution in [2.75, 3.05) is 12.9 Å². The van der Waals surface area contributed by atoms with Crippen LogP contribution in [0.25, 0.3) is 0 Å². The van der Waals surface area contributed by atoms with Gasteiger partial charge in [0.25, 0.3) is 0 Å². The molecular formula is C10H11IO2S. The second-order valence-corrected chi connectivity index (χ2v) is 4.55. The van der Waals surface area contributed by atoms with E-state index in [2.05, 4.69) is 22.6 Å². The SMILES string of the molecule is CCOC(=O)c1c(I)cccc1SC. The van der Waals surface area contributed by atoms with Crippen molar-refractivity contribution in [2.45, 2.75) is 11.8 Å². The fourth-order valence-electron chi connectivity index (χ4n) is 1.08. The molecule has 0 unspecified atom stereocenters. The number of benzene rings is 1. The number of thioether (sulfide) groups is 1. The molecule has 0 bridgehead atoms. The number of esters is 1. The Morgan fingerprint density at radius 3 is 2.86 bits per heavy atom. The van der Waals surface area contributed by atoms with E-state index in [0.717, 1.165) is 8.47 Å². The van der Waals surface area contributed by atoms with Crippen molar-refractivity contribution in [3.05, 3.63) is 27.3 Å². The van der Waals surface area contributed by atoms with Gasteiger partial charge in [-0.25, -0.2) is 4.79 Å². The Morgan fingerprint density at radius 2 is 2.29 bits per heavy atom. The topological polar surface area (TPSA) is 26.3 Å². The summed E-state index contributed by atoms with van der Waals surface area (Å²) in [7, 11) is 0. The molecule has 0 spiro atoms. The van der Waals surface area contributed by atoms with Gasteiger partial charge in [0.05, 0.1) is 12.2 Å². The molecular weight excluding hydrogens is 311 g/mol. The highest BCUT2D eigenvalue weighted by Gasteiger charge is 2.15. The summed E-state index contributed by atoms with van der Waals surface area (Å²) in [5.41, 5.74) is 0.683. The molecule has 0 aromatic heterocycles. The summed E-state index contributed by atoms with van der Waals surface area (Å²) in [6.45, 7) is 2.23. The third-order valence-electron chi connectivity index (χ3n) is 1.67. The molecule has 2 nitrogen and oxygen atoms in total. The van der Waals surface area contributed by atoms with Gasteiger partial charge in [-0.3, -0.25) is 0 Å². The largest absolute Gasteiger partial charge is 0.462 e. The summed E-state index contributed by atoms with van der Waals surface area (Å²) < 4.78 is 5.93. The van der Waals surface area contributed by atoms with Gasteiger partial charge in [0.15, 0.2) is 0 Å². The lowest BCUT2D eigenvalue weighted by Crippen LogP contribution is -2.08. The van der Waals surface area contributed by atoms with Crippen molar-refractivity contribution in [1.29, 1.82) is 0 Å². The van der Waals surface area contributed by atoms with Crippen molar-refractivity contribution >= 4 is 40.3 Å². The lowest BCUT2D eigenvalue weighted by molar-refractivity contribution is 0.0521. The number of hydrogen-bond donors (Lipinski definition) is 0. The van der Waals surface area contributed by atoms with Gasteiger partial charge in [0.2, 0.25) is 0 Å². The molecule has 0 saturated heterocycles. The van der Waals surface area contributed by atoms with Crippen molar-refractivity contribution in [3.8, 4) is 0 Å². The number of ether oxygens (including phenoxy) is 1. The Balaban J connectivity index is 3.10. The summed E-state index contributed by atoms with van der Waals surface area (Å²) in [5, 5.41) is 0. The van der Waals surface area contributed by atoms with E-state index in [9.17, 15) is 4.79 Å². The summed E-state index contributed by atoms with van der Waals surface area (Å²) in [6.07, 6.45) is 1.95. The molecule has 14 heavy (non-hydrogen) atoms. The first-order valence-electron chi connectivity index (χ1n) is 4.20. The van der Waals surface area contributed by atoms with Crippen molar-refractivity contribution in [3.63, 3.8) is 0 Å². The van der Waals surface area contributed by atoms with Crippen LogP contribution in [0.3, 0.4) is 0 Å². The number of hydrogen-bond acceptors (Lipinski definition) is 3. The predicted molar refractivity (Wildman–Crippen MR) is 66.9 cm³/mol. The highest BCUT2D eigenvalue weighted by atomic mass is 127. The molecule has 1 aromatic carbocycles. The van der Waals surface area contributed by atoms with Crippen LogP contribution >= 0.6 is 34.4 Å². The first-order chi connectivity index (χ1) is 6.70. The predicted octanol–water partition coefficient (Wildman–Crippen LogP) is 3.19. The van der Waals surface area contributed by atoms with E-state index in [4.69, 9.17) is 4.74 Å². The van der Waals surface area contributed by atoms with Crippen molar-refractivity contribution < 1.29 is 9.53 Å². The quantitative estimate of drug-likeness (QED) is 0.486. The number of carbonyl (C=O) groups excluding carboxylic acids is 1. The van der Waals surface area contributed by atoms with Crippen LogP contribution in [0, 0.1) is 3.57 Å². The second kappa shape index (κ2) is 5.60. The summed E-state index contributed by atoms with van der Waals surface area (Å²) in [5.74, 6) is -0.234. The van der Waals surface area contributed by atoms with Gasteiger partial charge >= 0.3 is 5.97 Å². The minimum absolute atomic E-state index is 0.234. The van der Waals surface area contributed by atoms with E-state index in [1.54, 1.807) is 11.8 Å². The molecule has 0 aliphatic heterocycles. The van der Waals surface area contributed by atoms with E-state index in [0.29, 0.717) is 12.2 Å². The van der Waals surface area contributed by atoms with Crippen LogP contribution < -0.4 is 0 Å². The van der Waals surface area contributed by atoms with Crippen LogP contribution in [0.2, 0.25) is 0 Å². The molecule has 4 heteroatoms. The van der Waals surface area contributed by atoms with Gasteiger partial charge in [-0.1, -0.05) is 6.07 Å². The van der Waals surface area contributed by atoms with Crippen molar-refractivity contribution in [1.82, 2.24) is 0 Å². The second-order valence-electron chi connectivity index (χ2n) is 2.54. The summed E-state index contributed by atoms with van der Waals surface area (Å²) in [6, 6.07) is 5.78. The lowest BCUT2D eigenvalue weighted by Gasteiger charge is -2.08. The molecule has 0 heterocycles. The fourth-order valence-corrected chi connectivity index (χ4v) is 2.59. The Bertz CT molecular complexity index is 339. The normalized spacial score (nSPS) is 9.93. The smallest absolute Gasteiger partial charge is 0.340 e. The fraction of sp³-hybridized carbons (Fsp3) is 0.300. The zero-order valence-electron chi connectivity index (χ0n) is 8.04. The van der Waals surface area contributed by atoms with Gasteiger partial charge in [0.1, 0.15) is 0 Å². The van der Waals surface area contributed by atoms with Crippen LogP contribution in [0.5, 0.6) is 0 Å². The van der Waals surface area contributed by atoms with Gasteiger partial charge in [-0.15, -0.1) is 11.8 Å². The average molecular weight is 322 g/mol. The Kier molecular flexibility index (Phi) is 4.74. The van der Waals surface area contributed by atoms with Crippen LogP contribution in [-0.2, 0) is 4.74 Å². The number of carbonyl (C=O) groups is 1. The molecule has 0 radical (unpaired) electrons. The van der Waals surface area contributed by atoms with Crippen LogP contribution in [0.1, 0.15) is 17.3 Å². The van der Waals surface area contributed by atoms with E-state index < -0.39 is 0 Å². The number of halogens is 1. The molecule has 0 aliphatic rings. The van der Waals surface area contributed by atoms with Crippen LogP contribution in [-0.4, -0.2) is 18.8 Å². The molecule has 0 aliphatic carbocycles. The van der Waals surface area contributed by atoms with Gasteiger partial charge in [0, 0.05) is 8.47 Å². The first kappa shape index (κ1) is 11.8. The van der Waals surface area contributed by atoms with E-state index in [1.165, 1.54) is 0 Å². The minimum atomic E-state index is -0.234. The maximum Gasteiger partial charge on any atom is 0.340 e. The molecule has 76 valence electrons. The van der Waals surface area contributed by atoms with E-state index in [-0.39, 0.29) is 5.97 Å². The van der Waals surface area contributed by atoms with Gasteiger partial charge < -0.3 is 4.74 Å². The molecule has 1 aromatic rings. The molecule has 0 N–H and O–H groups in total. The monoisotopic (exact) mass is 322 g/mol. The third-order valence-corrected chi connectivity index (χ3v) is 3.35. The Morgan fingerprint density at radius 1 is 1.57 bits per heavy atom. The molecule has 0 atom stereocenters. The zero-order valence-corrected chi connectivity index (χ0v) is 11.0.